The summed E-state index contributed by atoms with van der Waals surface area (Å²) < 4.78 is 32.2. The fraction of sp³-hybridized carbons (Fsp3) is 0.438. The first kappa shape index (κ1) is 16.2. The summed E-state index contributed by atoms with van der Waals surface area (Å²) in [7, 11) is -3.41. The lowest BCUT2D eigenvalue weighted by molar-refractivity contribution is 0.177. The SMILES string of the molecule is Cc1cc(CN2CCN(S(=O)(=O)c3ccccc3C)CC2)no1. The van der Waals surface area contributed by atoms with Crippen molar-refractivity contribution in [3.05, 3.63) is 47.3 Å². The molecule has 1 aliphatic rings. The van der Waals surface area contributed by atoms with Crippen LogP contribution < -0.4 is 0 Å². The topological polar surface area (TPSA) is 66.7 Å². The number of hydrogen-bond donors (Lipinski definition) is 0. The van der Waals surface area contributed by atoms with Crippen molar-refractivity contribution in [2.45, 2.75) is 25.3 Å². The average molecular weight is 335 g/mol. The fourth-order valence-electron chi connectivity index (χ4n) is 2.83. The van der Waals surface area contributed by atoms with Gasteiger partial charge >= 0.3 is 0 Å². The second kappa shape index (κ2) is 6.43. The number of aromatic nitrogens is 1. The van der Waals surface area contributed by atoms with Crippen LogP contribution in [0.25, 0.3) is 0 Å². The smallest absolute Gasteiger partial charge is 0.243 e. The van der Waals surface area contributed by atoms with Crippen LogP contribution in [0.3, 0.4) is 0 Å². The van der Waals surface area contributed by atoms with Gasteiger partial charge in [0.25, 0.3) is 0 Å². The number of piperazine rings is 1. The van der Waals surface area contributed by atoms with Crippen LogP contribution in [0.1, 0.15) is 17.0 Å². The van der Waals surface area contributed by atoms with Crippen LogP contribution in [-0.4, -0.2) is 49.0 Å². The van der Waals surface area contributed by atoms with Gasteiger partial charge in [0.2, 0.25) is 10.0 Å². The molecular weight excluding hydrogens is 314 g/mol. The van der Waals surface area contributed by atoms with Crippen molar-refractivity contribution in [1.82, 2.24) is 14.4 Å². The van der Waals surface area contributed by atoms with E-state index >= 15 is 0 Å². The number of hydrogen-bond acceptors (Lipinski definition) is 5. The van der Waals surface area contributed by atoms with E-state index in [1.807, 2.05) is 32.0 Å². The molecule has 0 unspecified atom stereocenters. The van der Waals surface area contributed by atoms with Crippen molar-refractivity contribution in [1.29, 1.82) is 0 Å². The van der Waals surface area contributed by atoms with Crippen molar-refractivity contribution >= 4 is 10.0 Å². The molecule has 1 aromatic heterocycles. The van der Waals surface area contributed by atoms with Crippen molar-refractivity contribution in [3.8, 4) is 0 Å². The van der Waals surface area contributed by atoms with E-state index in [0.29, 0.717) is 37.6 Å². The highest BCUT2D eigenvalue weighted by Gasteiger charge is 2.29. The minimum atomic E-state index is -3.41. The summed E-state index contributed by atoms with van der Waals surface area (Å²) in [6.45, 7) is 6.75. The third-order valence-corrected chi connectivity index (χ3v) is 6.16. The van der Waals surface area contributed by atoms with Crippen molar-refractivity contribution in [2.24, 2.45) is 0 Å². The Hall–Kier alpha value is -1.70. The van der Waals surface area contributed by atoms with Gasteiger partial charge in [0.1, 0.15) is 5.76 Å². The molecule has 1 aliphatic heterocycles. The van der Waals surface area contributed by atoms with E-state index in [9.17, 15) is 8.42 Å². The molecule has 0 atom stereocenters. The van der Waals surface area contributed by atoms with Gasteiger partial charge in [0.15, 0.2) is 0 Å². The third-order valence-electron chi connectivity index (χ3n) is 4.11. The Kier molecular flexibility index (Phi) is 4.52. The largest absolute Gasteiger partial charge is 0.361 e. The van der Waals surface area contributed by atoms with Gasteiger partial charge in [-0.1, -0.05) is 23.4 Å². The van der Waals surface area contributed by atoms with E-state index in [4.69, 9.17) is 4.52 Å². The zero-order chi connectivity index (χ0) is 16.4. The van der Waals surface area contributed by atoms with E-state index < -0.39 is 10.0 Å². The van der Waals surface area contributed by atoms with Gasteiger partial charge in [-0.15, -0.1) is 0 Å². The van der Waals surface area contributed by atoms with Gasteiger partial charge in [0.05, 0.1) is 10.6 Å². The molecule has 1 fully saturated rings. The first-order valence-corrected chi connectivity index (χ1v) is 9.11. The van der Waals surface area contributed by atoms with Crippen LogP contribution in [0.15, 0.2) is 39.8 Å². The quantitative estimate of drug-likeness (QED) is 0.852. The summed E-state index contributed by atoms with van der Waals surface area (Å²) in [4.78, 5) is 2.60. The van der Waals surface area contributed by atoms with E-state index in [1.165, 1.54) is 0 Å². The molecule has 3 rings (SSSR count). The van der Waals surface area contributed by atoms with E-state index in [0.717, 1.165) is 17.0 Å². The van der Waals surface area contributed by atoms with Crippen molar-refractivity contribution in [3.63, 3.8) is 0 Å². The summed E-state index contributed by atoms with van der Waals surface area (Å²) in [5.41, 5.74) is 1.67. The second-order valence-corrected chi connectivity index (χ2v) is 7.78. The lowest BCUT2D eigenvalue weighted by Crippen LogP contribution is -2.48. The van der Waals surface area contributed by atoms with Crippen LogP contribution in [0.4, 0.5) is 0 Å². The Morgan fingerprint density at radius 1 is 1.13 bits per heavy atom. The molecule has 6 nitrogen and oxygen atoms in total. The molecule has 0 spiro atoms. The van der Waals surface area contributed by atoms with Crippen LogP contribution >= 0.6 is 0 Å². The molecule has 1 aromatic carbocycles. The summed E-state index contributed by atoms with van der Waals surface area (Å²) >= 11 is 0. The summed E-state index contributed by atoms with van der Waals surface area (Å²) in [5, 5.41) is 3.99. The molecule has 1 saturated heterocycles. The summed E-state index contributed by atoms with van der Waals surface area (Å²) in [6, 6.07) is 9.04. The molecule has 124 valence electrons. The van der Waals surface area contributed by atoms with Gasteiger partial charge in [-0.25, -0.2) is 8.42 Å². The van der Waals surface area contributed by atoms with Crippen molar-refractivity contribution < 1.29 is 12.9 Å². The molecule has 7 heteroatoms. The van der Waals surface area contributed by atoms with Gasteiger partial charge < -0.3 is 4.52 Å². The minimum absolute atomic E-state index is 0.403. The Bertz CT molecular complexity index is 777. The first-order valence-electron chi connectivity index (χ1n) is 7.67. The number of aryl methyl sites for hydroxylation is 2. The van der Waals surface area contributed by atoms with E-state index in [1.54, 1.807) is 16.4 Å². The molecule has 0 aliphatic carbocycles. The van der Waals surface area contributed by atoms with E-state index in [2.05, 4.69) is 10.1 Å². The Morgan fingerprint density at radius 2 is 1.83 bits per heavy atom. The second-order valence-electron chi connectivity index (χ2n) is 5.87. The summed E-state index contributed by atoms with van der Waals surface area (Å²) in [6.07, 6.45) is 0. The maximum absolute atomic E-state index is 12.8. The molecule has 0 N–H and O–H groups in total. The molecule has 0 amide bonds. The maximum atomic E-state index is 12.8. The average Bonchev–Trinajstić information content (AvgIpc) is 2.93. The first-order chi connectivity index (χ1) is 11.0. The highest BCUT2D eigenvalue weighted by atomic mass is 32.2. The molecule has 23 heavy (non-hydrogen) atoms. The lowest BCUT2D eigenvalue weighted by Gasteiger charge is -2.33. The molecule has 0 saturated carbocycles. The van der Waals surface area contributed by atoms with Gasteiger partial charge in [-0.3, -0.25) is 4.90 Å². The molecule has 0 bridgehead atoms. The standard InChI is InChI=1S/C16H21N3O3S/c1-13-5-3-4-6-16(13)23(20,21)19-9-7-18(8-10-19)12-15-11-14(2)22-17-15/h3-6,11H,7-10,12H2,1-2H3. The van der Waals surface area contributed by atoms with Crippen LogP contribution in [0.5, 0.6) is 0 Å². The molecule has 0 radical (unpaired) electrons. The predicted molar refractivity (Wildman–Crippen MR) is 86.5 cm³/mol. The normalized spacial score (nSPS) is 17.5. The molecule has 2 aromatic rings. The Balaban J connectivity index is 1.65. The third kappa shape index (κ3) is 3.46. The van der Waals surface area contributed by atoms with Gasteiger partial charge in [-0.05, 0) is 25.5 Å². The Morgan fingerprint density at radius 3 is 2.43 bits per heavy atom. The summed E-state index contributed by atoms with van der Waals surface area (Å²) in [5.74, 6) is 0.792. The van der Waals surface area contributed by atoms with Crippen LogP contribution in [0.2, 0.25) is 0 Å². The lowest BCUT2D eigenvalue weighted by atomic mass is 10.2. The van der Waals surface area contributed by atoms with Gasteiger partial charge in [-0.2, -0.15) is 4.31 Å². The van der Waals surface area contributed by atoms with Crippen molar-refractivity contribution in [2.75, 3.05) is 26.2 Å². The number of rotatable bonds is 4. The predicted octanol–water partition coefficient (Wildman–Crippen LogP) is 1.80. The zero-order valence-corrected chi connectivity index (χ0v) is 14.2. The monoisotopic (exact) mass is 335 g/mol. The van der Waals surface area contributed by atoms with Crippen LogP contribution in [0, 0.1) is 13.8 Å². The fourth-order valence-corrected chi connectivity index (χ4v) is 4.48. The maximum Gasteiger partial charge on any atom is 0.243 e. The van der Waals surface area contributed by atoms with Crippen LogP contribution in [-0.2, 0) is 16.6 Å². The number of sulfonamides is 1. The van der Waals surface area contributed by atoms with E-state index in [-0.39, 0.29) is 0 Å². The molecular formula is C16H21N3O3S. The Labute approximate surface area is 136 Å². The highest BCUT2D eigenvalue weighted by molar-refractivity contribution is 7.89. The minimum Gasteiger partial charge on any atom is -0.361 e. The number of benzene rings is 1. The molecule has 2 heterocycles. The zero-order valence-electron chi connectivity index (χ0n) is 13.4. The number of nitrogens with zero attached hydrogens (tertiary/aromatic N) is 3. The van der Waals surface area contributed by atoms with Gasteiger partial charge in [0, 0.05) is 38.8 Å². The highest BCUT2D eigenvalue weighted by Crippen LogP contribution is 2.21.